The minimum absolute atomic E-state index is 0.369. The lowest BCUT2D eigenvalue weighted by Gasteiger charge is -2.10. The number of fused-ring (bicyclic) bond motifs is 1. The van der Waals surface area contributed by atoms with E-state index in [1.54, 1.807) is 13.2 Å². The van der Waals surface area contributed by atoms with Crippen LogP contribution >= 0.6 is 0 Å². The second-order valence-electron chi connectivity index (χ2n) is 3.77. The van der Waals surface area contributed by atoms with Gasteiger partial charge in [0.05, 0.1) is 0 Å². The molecule has 0 saturated heterocycles. The minimum Gasteiger partial charge on any atom is -0.385 e. The summed E-state index contributed by atoms with van der Waals surface area (Å²) in [6, 6.07) is 0. The Balaban J connectivity index is 2.14. The van der Waals surface area contributed by atoms with Crippen molar-refractivity contribution >= 4 is 22.9 Å². The number of nitrogens with zero attached hydrogens (tertiary/aromatic N) is 4. The van der Waals surface area contributed by atoms with Crippen LogP contribution in [-0.4, -0.2) is 47.1 Å². The third-order valence-electron chi connectivity index (χ3n) is 2.35. The lowest BCUT2D eigenvalue weighted by Crippen LogP contribution is -2.11. The molecule has 2 rings (SSSR count). The zero-order valence-corrected chi connectivity index (χ0v) is 10.7. The zero-order chi connectivity index (χ0) is 13.5. The number of anilines is 2. The van der Waals surface area contributed by atoms with Crippen LogP contribution < -0.4 is 10.6 Å². The molecule has 0 aromatic carbocycles. The molecule has 2 N–H and O–H groups in total. The zero-order valence-electron chi connectivity index (χ0n) is 10.7. The summed E-state index contributed by atoms with van der Waals surface area (Å²) in [5.74, 6) is 1.21. The van der Waals surface area contributed by atoms with Crippen molar-refractivity contribution in [2.24, 2.45) is 0 Å². The first-order valence-corrected chi connectivity index (χ1v) is 5.93. The first-order valence-electron chi connectivity index (χ1n) is 5.93. The highest BCUT2D eigenvalue weighted by molar-refractivity contribution is 5.73. The highest BCUT2D eigenvalue weighted by atomic mass is 16.6. The van der Waals surface area contributed by atoms with Crippen molar-refractivity contribution in [3.63, 3.8) is 0 Å². The van der Waals surface area contributed by atoms with Crippen LogP contribution in [0.4, 0.5) is 11.6 Å². The molecule has 102 valence electrons. The van der Waals surface area contributed by atoms with Gasteiger partial charge < -0.3 is 15.4 Å². The van der Waals surface area contributed by atoms with Crippen LogP contribution in [0.15, 0.2) is 17.3 Å². The Morgan fingerprint density at radius 1 is 1.21 bits per heavy atom. The molecular formula is C11H16N6O2. The van der Waals surface area contributed by atoms with Crippen LogP contribution in [-0.2, 0) is 4.74 Å². The number of hydrogen-bond acceptors (Lipinski definition) is 8. The van der Waals surface area contributed by atoms with Crippen molar-refractivity contribution in [3.05, 3.63) is 12.7 Å². The molecular weight excluding hydrogens is 248 g/mol. The lowest BCUT2D eigenvalue weighted by atomic mass is 10.4. The summed E-state index contributed by atoms with van der Waals surface area (Å²) >= 11 is 0. The van der Waals surface area contributed by atoms with E-state index in [0.29, 0.717) is 36.1 Å². The van der Waals surface area contributed by atoms with Gasteiger partial charge in [-0.05, 0) is 16.7 Å². The van der Waals surface area contributed by atoms with E-state index in [9.17, 15) is 0 Å². The molecule has 8 nitrogen and oxygen atoms in total. The summed E-state index contributed by atoms with van der Waals surface area (Å²) in [5.41, 5.74) is 0.743. The van der Waals surface area contributed by atoms with Crippen molar-refractivity contribution < 1.29 is 9.37 Å². The van der Waals surface area contributed by atoms with Crippen molar-refractivity contribution in [1.82, 2.24) is 20.3 Å². The van der Waals surface area contributed by atoms with Crippen LogP contribution in [0, 0.1) is 0 Å². The molecule has 0 aliphatic carbocycles. The lowest BCUT2D eigenvalue weighted by molar-refractivity contribution is 0.198. The van der Waals surface area contributed by atoms with Gasteiger partial charge in [-0.3, -0.25) is 0 Å². The van der Waals surface area contributed by atoms with Gasteiger partial charge in [0.15, 0.2) is 11.6 Å². The van der Waals surface area contributed by atoms with Gasteiger partial charge in [0.25, 0.3) is 0 Å². The standard InChI is InChI=1S/C11H16N6O2/c1-3-5-12-8-9(13-6-4-7-18-2)15-11-10(14-8)16-19-17-11/h3H,1,4-7H2,2H3,(H,12,14,16)(H,13,15,17). The number of ether oxygens (including phenoxy) is 1. The molecule has 0 saturated carbocycles. The molecule has 19 heavy (non-hydrogen) atoms. The molecule has 0 unspecified atom stereocenters. The molecule has 0 aliphatic rings. The van der Waals surface area contributed by atoms with Crippen molar-refractivity contribution in [1.29, 1.82) is 0 Å². The Labute approximate surface area is 110 Å². The van der Waals surface area contributed by atoms with Gasteiger partial charge in [-0.1, -0.05) is 6.08 Å². The van der Waals surface area contributed by atoms with Gasteiger partial charge in [0, 0.05) is 26.8 Å². The Kier molecular flexibility index (Phi) is 4.62. The maximum absolute atomic E-state index is 4.99. The summed E-state index contributed by atoms with van der Waals surface area (Å²) in [6.07, 6.45) is 2.61. The number of rotatable bonds is 8. The molecule has 0 atom stereocenters. The van der Waals surface area contributed by atoms with E-state index < -0.39 is 0 Å². The molecule has 2 aromatic rings. The average Bonchev–Trinajstić information content (AvgIpc) is 2.88. The van der Waals surface area contributed by atoms with E-state index >= 15 is 0 Å². The highest BCUT2D eigenvalue weighted by Gasteiger charge is 2.11. The largest absolute Gasteiger partial charge is 0.385 e. The minimum atomic E-state index is 0.369. The number of nitrogens with one attached hydrogen (secondary N) is 2. The maximum Gasteiger partial charge on any atom is 0.245 e. The van der Waals surface area contributed by atoms with Crippen molar-refractivity contribution in [2.75, 3.05) is 37.4 Å². The van der Waals surface area contributed by atoms with Gasteiger partial charge in [-0.2, -0.15) is 0 Å². The molecule has 0 spiro atoms. The number of hydrogen-bond donors (Lipinski definition) is 2. The second-order valence-corrected chi connectivity index (χ2v) is 3.77. The predicted octanol–water partition coefficient (Wildman–Crippen LogP) is 1.06. The highest BCUT2D eigenvalue weighted by Crippen LogP contribution is 2.19. The number of aromatic nitrogens is 4. The Bertz CT molecular complexity index is 541. The molecule has 2 heterocycles. The number of methoxy groups -OCH3 is 1. The van der Waals surface area contributed by atoms with Gasteiger partial charge in [-0.15, -0.1) is 6.58 Å². The Morgan fingerprint density at radius 2 is 1.89 bits per heavy atom. The summed E-state index contributed by atoms with van der Waals surface area (Å²) in [6.45, 7) is 5.64. The van der Waals surface area contributed by atoms with Crippen molar-refractivity contribution in [3.8, 4) is 0 Å². The normalized spacial score (nSPS) is 10.6. The van der Waals surface area contributed by atoms with Crippen LogP contribution in [0.2, 0.25) is 0 Å². The third-order valence-corrected chi connectivity index (χ3v) is 2.35. The second kappa shape index (κ2) is 6.64. The first-order chi connectivity index (χ1) is 9.35. The summed E-state index contributed by atoms with van der Waals surface area (Å²) in [7, 11) is 1.67. The van der Waals surface area contributed by atoms with Crippen LogP contribution in [0.25, 0.3) is 11.3 Å². The van der Waals surface area contributed by atoms with Crippen molar-refractivity contribution in [2.45, 2.75) is 6.42 Å². The van der Waals surface area contributed by atoms with E-state index in [4.69, 9.17) is 4.74 Å². The topological polar surface area (TPSA) is 98.0 Å². The van der Waals surface area contributed by atoms with Gasteiger partial charge in [0.2, 0.25) is 11.3 Å². The molecule has 8 heteroatoms. The van der Waals surface area contributed by atoms with Crippen LogP contribution in [0.1, 0.15) is 6.42 Å². The predicted molar refractivity (Wildman–Crippen MR) is 71.1 cm³/mol. The van der Waals surface area contributed by atoms with Crippen LogP contribution in [0.3, 0.4) is 0 Å². The molecule has 0 radical (unpaired) electrons. The fourth-order valence-electron chi connectivity index (χ4n) is 1.48. The summed E-state index contributed by atoms with van der Waals surface area (Å²) in [5, 5.41) is 13.6. The molecule has 0 aliphatic heterocycles. The molecule has 2 aromatic heterocycles. The quantitative estimate of drug-likeness (QED) is 0.539. The third kappa shape index (κ3) is 3.38. The smallest absolute Gasteiger partial charge is 0.245 e. The van der Waals surface area contributed by atoms with E-state index in [2.05, 4.69) is 42.1 Å². The Hall–Kier alpha value is -2.22. The van der Waals surface area contributed by atoms with Crippen LogP contribution in [0.5, 0.6) is 0 Å². The van der Waals surface area contributed by atoms with Gasteiger partial charge in [-0.25, -0.2) is 14.6 Å². The van der Waals surface area contributed by atoms with E-state index in [1.807, 2.05) is 0 Å². The van der Waals surface area contributed by atoms with E-state index in [-0.39, 0.29) is 0 Å². The molecule has 0 bridgehead atoms. The molecule has 0 fully saturated rings. The maximum atomic E-state index is 4.99. The molecule has 0 amide bonds. The van der Waals surface area contributed by atoms with Gasteiger partial charge in [0.1, 0.15) is 0 Å². The summed E-state index contributed by atoms with van der Waals surface area (Å²) in [4.78, 5) is 8.60. The monoisotopic (exact) mass is 264 g/mol. The van der Waals surface area contributed by atoms with E-state index in [0.717, 1.165) is 13.0 Å². The summed E-state index contributed by atoms with van der Waals surface area (Å²) < 4.78 is 9.59. The fourth-order valence-corrected chi connectivity index (χ4v) is 1.48. The Morgan fingerprint density at radius 3 is 2.53 bits per heavy atom. The first kappa shape index (κ1) is 13.2. The average molecular weight is 264 g/mol. The van der Waals surface area contributed by atoms with Gasteiger partial charge >= 0.3 is 0 Å². The fraction of sp³-hybridized carbons (Fsp3) is 0.455. The SMILES string of the molecule is C=CCNc1nc2nonc2nc1NCCCOC. The van der Waals surface area contributed by atoms with E-state index in [1.165, 1.54) is 0 Å².